The van der Waals surface area contributed by atoms with Crippen LogP contribution < -0.4 is 4.90 Å². The SMILES string of the molecule is Cc1cccc2[nH]c(-c3ccc(N4CCCC4)c(F)c3)nc12. The van der Waals surface area contributed by atoms with E-state index in [2.05, 4.69) is 14.9 Å². The third-order valence-electron chi connectivity index (χ3n) is 4.38. The second-order valence-corrected chi connectivity index (χ2v) is 5.92. The van der Waals surface area contributed by atoms with E-state index in [-0.39, 0.29) is 5.82 Å². The van der Waals surface area contributed by atoms with Crippen molar-refractivity contribution in [3.05, 3.63) is 47.8 Å². The fourth-order valence-corrected chi connectivity index (χ4v) is 3.18. The number of H-pyrrole nitrogens is 1. The summed E-state index contributed by atoms with van der Waals surface area (Å²) < 4.78 is 14.4. The molecule has 2 heterocycles. The van der Waals surface area contributed by atoms with Gasteiger partial charge in [-0.3, -0.25) is 0 Å². The number of hydrogen-bond donors (Lipinski definition) is 1. The van der Waals surface area contributed by atoms with Gasteiger partial charge in [0.1, 0.15) is 11.6 Å². The van der Waals surface area contributed by atoms with Gasteiger partial charge in [0.15, 0.2) is 0 Å². The number of aromatic amines is 1. The van der Waals surface area contributed by atoms with E-state index >= 15 is 0 Å². The first-order valence-corrected chi connectivity index (χ1v) is 7.72. The Morgan fingerprint density at radius 2 is 1.95 bits per heavy atom. The maximum atomic E-state index is 14.4. The Labute approximate surface area is 128 Å². The number of benzene rings is 2. The van der Waals surface area contributed by atoms with Crippen LogP contribution >= 0.6 is 0 Å². The van der Waals surface area contributed by atoms with Gasteiger partial charge in [-0.15, -0.1) is 0 Å². The Hall–Kier alpha value is -2.36. The number of para-hydroxylation sites is 1. The van der Waals surface area contributed by atoms with Crippen LogP contribution in [0.4, 0.5) is 10.1 Å². The Balaban J connectivity index is 1.75. The lowest BCUT2D eigenvalue weighted by Crippen LogP contribution is -2.18. The molecule has 4 rings (SSSR count). The van der Waals surface area contributed by atoms with Gasteiger partial charge >= 0.3 is 0 Å². The van der Waals surface area contributed by atoms with Gasteiger partial charge in [0, 0.05) is 18.7 Å². The topological polar surface area (TPSA) is 31.9 Å². The predicted octanol–water partition coefficient (Wildman–Crippen LogP) is 4.28. The first-order valence-electron chi connectivity index (χ1n) is 7.72. The van der Waals surface area contributed by atoms with Crippen LogP contribution in [-0.2, 0) is 0 Å². The largest absolute Gasteiger partial charge is 0.369 e. The standard InChI is InChI=1S/C18H18FN3/c1-12-5-4-6-15-17(12)21-18(20-15)13-7-8-16(14(19)11-13)22-9-2-3-10-22/h4-8,11H,2-3,9-10H2,1H3,(H,20,21). The van der Waals surface area contributed by atoms with Crippen LogP contribution in [0.5, 0.6) is 0 Å². The number of aryl methyl sites for hydroxylation is 1. The summed E-state index contributed by atoms with van der Waals surface area (Å²) in [5.41, 5.74) is 4.54. The van der Waals surface area contributed by atoms with Gasteiger partial charge in [-0.2, -0.15) is 0 Å². The lowest BCUT2D eigenvalue weighted by molar-refractivity contribution is 0.623. The van der Waals surface area contributed by atoms with Crippen LogP contribution in [0.15, 0.2) is 36.4 Å². The molecular weight excluding hydrogens is 277 g/mol. The smallest absolute Gasteiger partial charge is 0.147 e. The first-order chi connectivity index (χ1) is 10.7. The molecule has 4 heteroatoms. The number of aromatic nitrogens is 2. The van der Waals surface area contributed by atoms with E-state index in [1.54, 1.807) is 6.07 Å². The molecule has 0 atom stereocenters. The molecule has 0 radical (unpaired) electrons. The monoisotopic (exact) mass is 295 g/mol. The minimum atomic E-state index is -0.170. The Morgan fingerprint density at radius 1 is 1.14 bits per heavy atom. The molecule has 1 aliphatic rings. The van der Waals surface area contributed by atoms with Crippen LogP contribution in [-0.4, -0.2) is 23.1 Å². The molecule has 0 unspecified atom stereocenters. The average Bonchev–Trinajstić information content (AvgIpc) is 3.17. The highest BCUT2D eigenvalue weighted by atomic mass is 19.1. The zero-order chi connectivity index (χ0) is 15.1. The number of rotatable bonds is 2. The number of anilines is 1. The molecule has 1 fully saturated rings. The summed E-state index contributed by atoms with van der Waals surface area (Å²) in [5.74, 6) is 0.549. The van der Waals surface area contributed by atoms with E-state index in [0.717, 1.165) is 53.9 Å². The Kier molecular flexibility index (Phi) is 3.10. The highest BCUT2D eigenvalue weighted by Crippen LogP contribution is 2.29. The summed E-state index contributed by atoms with van der Waals surface area (Å²) in [6.07, 6.45) is 2.29. The molecular formula is C18H18FN3. The summed E-state index contributed by atoms with van der Waals surface area (Å²) in [5, 5.41) is 0. The minimum Gasteiger partial charge on any atom is -0.369 e. The van der Waals surface area contributed by atoms with E-state index in [1.165, 1.54) is 0 Å². The van der Waals surface area contributed by atoms with Crippen molar-refractivity contribution in [2.75, 3.05) is 18.0 Å². The quantitative estimate of drug-likeness (QED) is 0.765. The van der Waals surface area contributed by atoms with E-state index in [0.29, 0.717) is 5.69 Å². The third kappa shape index (κ3) is 2.15. The van der Waals surface area contributed by atoms with E-state index in [9.17, 15) is 4.39 Å². The zero-order valence-corrected chi connectivity index (χ0v) is 12.6. The van der Waals surface area contributed by atoms with Gasteiger partial charge in [-0.25, -0.2) is 9.37 Å². The highest BCUT2D eigenvalue weighted by molar-refractivity contribution is 5.82. The lowest BCUT2D eigenvalue weighted by atomic mass is 10.1. The van der Waals surface area contributed by atoms with Crippen molar-refractivity contribution in [2.45, 2.75) is 19.8 Å². The maximum Gasteiger partial charge on any atom is 0.147 e. The molecule has 3 nitrogen and oxygen atoms in total. The molecule has 0 aliphatic carbocycles. The van der Waals surface area contributed by atoms with Crippen molar-refractivity contribution in [1.82, 2.24) is 9.97 Å². The van der Waals surface area contributed by atoms with Gasteiger partial charge in [-0.1, -0.05) is 12.1 Å². The summed E-state index contributed by atoms with van der Waals surface area (Å²) in [7, 11) is 0. The van der Waals surface area contributed by atoms with E-state index < -0.39 is 0 Å². The zero-order valence-electron chi connectivity index (χ0n) is 12.6. The molecule has 1 N–H and O–H groups in total. The van der Waals surface area contributed by atoms with Crippen molar-refractivity contribution in [3.63, 3.8) is 0 Å². The second-order valence-electron chi connectivity index (χ2n) is 5.92. The molecule has 0 bridgehead atoms. The van der Waals surface area contributed by atoms with E-state index in [1.807, 2.05) is 37.3 Å². The molecule has 0 saturated carbocycles. The number of imidazole rings is 1. The minimum absolute atomic E-state index is 0.170. The molecule has 0 spiro atoms. The van der Waals surface area contributed by atoms with E-state index in [4.69, 9.17) is 0 Å². The molecule has 3 aromatic rings. The van der Waals surface area contributed by atoms with Gasteiger partial charge in [0.05, 0.1) is 16.7 Å². The number of nitrogens with one attached hydrogen (secondary N) is 1. The van der Waals surface area contributed by atoms with Gasteiger partial charge in [0.25, 0.3) is 0 Å². The first kappa shape index (κ1) is 13.3. The Morgan fingerprint density at radius 3 is 2.68 bits per heavy atom. The maximum absolute atomic E-state index is 14.4. The van der Waals surface area contributed by atoms with Crippen LogP contribution in [0.25, 0.3) is 22.4 Å². The van der Waals surface area contributed by atoms with Crippen LogP contribution in [0, 0.1) is 12.7 Å². The van der Waals surface area contributed by atoms with Crippen molar-refractivity contribution in [2.24, 2.45) is 0 Å². The molecule has 22 heavy (non-hydrogen) atoms. The summed E-state index contributed by atoms with van der Waals surface area (Å²) in [6, 6.07) is 11.4. The highest BCUT2D eigenvalue weighted by Gasteiger charge is 2.17. The van der Waals surface area contributed by atoms with Gasteiger partial charge < -0.3 is 9.88 Å². The molecule has 2 aromatic carbocycles. The normalized spacial score (nSPS) is 14.9. The summed E-state index contributed by atoms with van der Waals surface area (Å²) >= 11 is 0. The molecule has 1 aromatic heterocycles. The Bertz CT molecular complexity index is 831. The summed E-state index contributed by atoms with van der Waals surface area (Å²) in [4.78, 5) is 10.0. The molecule has 1 aliphatic heterocycles. The average molecular weight is 295 g/mol. The second kappa shape index (κ2) is 5.13. The van der Waals surface area contributed by atoms with Crippen molar-refractivity contribution < 1.29 is 4.39 Å². The van der Waals surface area contributed by atoms with Crippen molar-refractivity contribution >= 4 is 16.7 Å². The van der Waals surface area contributed by atoms with Gasteiger partial charge in [-0.05, 0) is 49.6 Å². The number of fused-ring (bicyclic) bond motifs is 1. The van der Waals surface area contributed by atoms with Gasteiger partial charge in [0.2, 0.25) is 0 Å². The summed E-state index contributed by atoms with van der Waals surface area (Å²) in [6.45, 7) is 3.92. The lowest BCUT2D eigenvalue weighted by Gasteiger charge is -2.18. The predicted molar refractivity (Wildman–Crippen MR) is 87.7 cm³/mol. The number of hydrogen-bond acceptors (Lipinski definition) is 2. The van der Waals surface area contributed by atoms with Crippen molar-refractivity contribution in [3.8, 4) is 11.4 Å². The van der Waals surface area contributed by atoms with Crippen LogP contribution in [0.1, 0.15) is 18.4 Å². The van der Waals surface area contributed by atoms with Crippen LogP contribution in [0.3, 0.4) is 0 Å². The number of nitrogens with zero attached hydrogens (tertiary/aromatic N) is 2. The van der Waals surface area contributed by atoms with Crippen molar-refractivity contribution in [1.29, 1.82) is 0 Å². The fraction of sp³-hybridized carbons (Fsp3) is 0.278. The van der Waals surface area contributed by atoms with Crippen LogP contribution in [0.2, 0.25) is 0 Å². The molecule has 0 amide bonds. The molecule has 1 saturated heterocycles. The fourth-order valence-electron chi connectivity index (χ4n) is 3.18. The molecule has 112 valence electrons. The number of halogens is 1. The third-order valence-corrected chi connectivity index (χ3v) is 4.38.